The van der Waals surface area contributed by atoms with Crippen molar-refractivity contribution in [3.05, 3.63) is 48.2 Å². The van der Waals surface area contributed by atoms with E-state index in [1.807, 2.05) is 35.4 Å². The van der Waals surface area contributed by atoms with E-state index in [2.05, 4.69) is 38.6 Å². The molecule has 4 aromatic rings. The van der Waals surface area contributed by atoms with Gasteiger partial charge in [0.05, 0.1) is 16.7 Å². The first-order chi connectivity index (χ1) is 16.6. The fourth-order valence-corrected chi connectivity index (χ4v) is 6.02. The van der Waals surface area contributed by atoms with E-state index >= 15 is 0 Å². The van der Waals surface area contributed by atoms with Crippen LogP contribution in [0, 0.1) is 5.92 Å². The predicted octanol–water partition coefficient (Wildman–Crippen LogP) is 3.97. The highest BCUT2D eigenvalue weighted by Gasteiger charge is 2.41. The zero-order chi connectivity index (χ0) is 22.9. The first-order valence-corrected chi connectivity index (χ1v) is 12.6. The lowest BCUT2D eigenvalue weighted by molar-refractivity contribution is 0.0782. The third-order valence-corrected chi connectivity index (χ3v) is 8.12. The maximum atomic E-state index is 13.3. The molecule has 5 heterocycles. The van der Waals surface area contributed by atoms with Gasteiger partial charge in [-0.05, 0) is 81.0 Å². The highest BCUT2D eigenvalue weighted by molar-refractivity contribution is 5.98. The lowest BCUT2D eigenvalue weighted by Gasteiger charge is -2.24. The molecule has 1 amide bonds. The van der Waals surface area contributed by atoms with E-state index in [1.165, 1.54) is 25.7 Å². The van der Waals surface area contributed by atoms with Crippen molar-refractivity contribution in [2.75, 3.05) is 19.6 Å². The van der Waals surface area contributed by atoms with Crippen LogP contribution in [0.15, 0.2) is 42.6 Å². The van der Waals surface area contributed by atoms with Gasteiger partial charge >= 0.3 is 0 Å². The van der Waals surface area contributed by atoms with Crippen LogP contribution >= 0.6 is 0 Å². The van der Waals surface area contributed by atoms with Gasteiger partial charge in [-0.2, -0.15) is 0 Å². The molecule has 3 fully saturated rings. The van der Waals surface area contributed by atoms with Crippen LogP contribution in [0.1, 0.15) is 42.5 Å². The molecule has 1 spiro atoms. The largest absolute Gasteiger partial charge is 0.337 e. The number of carbonyl (C=O) groups is 1. The Morgan fingerprint density at radius 2 is 2.12 bits per heavy atom. The van der Waals surface area contributed by atoms with Gasteiger partial charge in [0.1, 0.15) is 5.65 Å². The second-order valence-electron chi connectivity index (χ2n) is 10.5. The second kappa shape index (κ2) is 7.40. The monoisotopic (exact) mass is 454 g/mol. The summed E-state index contributed by atoms with van der Waals surface area (Å²) in [6.45, 7) is 3.68. The summed E-state index contributed by atoms with van der Waals surface area (Å²) in [7, 11) is 2.06. The summed E-state index contributed by atoms with van der Waals surface area (Å²) in [6, 6.07) is 12.3. The van der Waals surface area contributed by atoms with Crippen molar-refractivity contribution >= 4 is 28.0 Å². The number of nitrogens with zero attached hydrogens (tertiary/aromatic N) is 5. The molecule has 0 radical (unpaired) electrons. The number of fused-ring (bicyclic) bond motifs is 2. The molecule has 7 rings (SSSR count). The van der Waals surface area contributed by atoms with Crippen LogP contribution in [-0.4, -0.2) is 55.1 Å². The quantitative estimate of drug-likeness (QED) is 0.507. The van der Waals surface area contributed by atoms with Gasteiger partial charge in [0.15, 0.2) is 5.82 Å². The maximum Gasteiger partial charge on any atom is 0.253 e. The third-order valence-electron chi connectivity index (χ3n) is 8.12. The topological polar surface area (TPSA) is 68.0 Å². The molecule has 1 N–H and O–H groups in total. The van der Waals surface area contributed by atoms with Crippen molar-refractivity contribution in [1.82, 2.24) is 29.3 Å². The number of aromatic nitrogens is 4. The van der Waals surface area contributed by atoms with Gasteiger partial charge in [-0.3, -0.25) is 4.79 Å². The van der Waals surface area contributed by atoms with E-state index in [9.17, 15) is 4.79 Å². The predicted molar refractivity (Wildman–Crippen MR) is 133 cm³/mol. The molecule has 3 aliphatic rings. The zero-order valence-electron chi connectivity index (χ0n) is 19.6. The van der Waals surface area contributed by atoms with Crippen LogP contribution in [0.2, 0.25) is 0 Å². The lowest BCUT2D eigenvalue weighted by Crippen LogP contribution is -2.43. The molecule has 1 aliphatic carbocycles. The number of hydrogen-bond acceptors (Lipinski definition) is 4. The molecule has 3 aromatic heterocycles. The van der Waals surface area contributed by atoms with Crippen LogP contribution in [-0.2, 0) is 13.6 Å². The van der Waals surface area contributed by atoms with E-state index in [0.717, 1.165) is 77.7 Å². The summed E-state index contributed by atoms with van der Waals surface area (Å²) in [5.74, 6) is 1.77. The molecular weight excluding hydrogens is 424 g/mol. The number of rotatable bonds is 4. The molecule has 2 aliphatic heterocycles. The lowest BCUT2D eigenvalue weighted by atomic mass is 9.97. The van der Waals surface area contributed by atoms with Gasteiger partial charge < -0.3 is 19.4 Å². The van der Waals surface area contributed by atoms with Gasteiger partial charge in [0, 0.05) is 49.4 Å². The van der Waals surface area contributed by atoms with Gasteiger partial charge in [0.2, 0.25) is 0 Å². The number of nitrogens with one attached hydrogen (secondary N) is 1. The molecule has 1 saturated carbocycles. The Morgan fingerprint density at radius 3 is 2.94 bits per heavy atom. The smallest absolute Gasteiger partial charge is 0.253 e. The van der Waals surface area contributed by atoms with Crippen LogP contribution < -0.4 is 5.32 Å². The van der Waals surface area contributed by atoms with Crippen LogP contribution in [0.25, 0.3) is 33.6 Å². The van der Waals surface area contributed by atoms with Crippen molar-refractivity contribution in [3.8, 4) is 11.5 Å². The zero-order valence-corrected chi connectivity index (χ0v) is 19.6. The molecule has 0 bridgehead atoms. The number of aryl methyl sites for hydroxylation is 1. The Hall–Kier alpha value is -3.19. The van der Waals surface area contributed by atoms with Crippen LogP contribution in [0.3, 0.4) is 0 Å². The summed E-state index contributed by atoms with van der Waals surface area (Å²) >= 11 is 0. The van der Waals surface area contributed by atoms with E-state index in [4.69, 9.17) is 4.98 Å². The summed E-state index contributed by atoms with van der Waals surface area (Å²) < 4.78 is 4.48. The molecule has 34 heavy (non-hydrogen) atoms. The first-order valence-electron chi connectivity index (χ1n) is 12.6. The molecule has 1 unspecified atom stereocenters. The average Bonchev–Trinajstić information content (AvgIpc) is 3.18. The Bertz CT molecular complexity index is 1420. The van der Waals surface area contributed by atoms with Gasteiger partial charge in [-0.15, -0.1) is 0 Å². The Kier molecular flexibility index (Phi) is 4.40. The number of likely N-dealkylation sites (tertiary alicyclic amines) is 1. The first kappa shape index (κ1) is 20.2. The highest BCUT2D eigenvalue weighted by atomic mass is 16.2. The molecule has 2 saturated heterocycles. The molecule has 1 aromatic carbocycles. The Labute approximate surface area is 198 Å². The summed E-state index contributed by atoms with van der Waals surface area (Å²) in [5, 5.41) is 4.79. The van der Waals surface area contributed by atoms with Crippen molar-refractivity contribution in [1.29, 1.82) is 0 Å². The maximum absolute atomic E-state index is 13.3. The van der Waals surface area contributed by atoms with Crippen LogP contribution in [0.5, 0.6) is 0 Å². The molecule has 7 nitrogen and oxygen atoms in total. The van der Waals surface area contributed by atoms with Crippen molar-refractivity contribution in [2.24, 2.45) is 13.0 Å². The van der Waals surface area contributed by atoms with Gasteiger partial charge in [-0.25, -0.2) is 9.97 Å². The Morgan fingerprint density at radius 1 is 1.21 bits per heavy atom. The van der Waals surface area contributed by atoms with Crippen molar-refractivity contribution in [2.45, 2.75) is 44.2 Å². The fraction of sp³-hybridized carbons (Fsp3) is 0.444. The number of pyridine rings is 1. The minimum absolute atomic E-state index is 0.117. The summed E-state index contributed by atoms with van der Waals surface area (Å²) in [4.78, 5) is 25.1. The summed E-state index contributed by atoms with van der Waals surface area (Å²) in [5.41, 5.74) is 4.90. The number of hydrogen-bond donors (Lipinski definition) is 1. The summed E-state index contributed by atoms with van der Waals surface area (Å²) in [6.07, 6.45) is 7.86. The van der Waals surface area contributed by atoms with E-state index in [0.29, 0.717) is 0 Å². The fourth-order valence-electron chi connectivity index (χ4n) is 6.02. The van der Waals surface area contributed by atoms with Crippen molar-refractivity contribution < 1.29 is 4.79 Å². The number of imidazole rings is 1. The molecule has 7 heteroatoms. The van der Waals surface area contributed by atoms with Crippen LogP contribution in [0.4, 0.5) is 0 Å². The normalized spacial score (nSPS) is 22.6. The van der Waals surface area contributed by atoms with Crippen molar-refractivity contribution in [3.63, 3.8) is 0 Å². The van der Waals surface area contributed by atoms with Gasteiger partial charge in [0.25, 0.3) is 5.91 Å². The van der Waals surface area contributed by atoms with E-state index in [-0.39, 0.29) is 11.4 Å². The van der Waals surface area contributed by atoms with E-state index in [1.54, 1.807) is 0 Å². The third kappa shape index (κ3) is 3.17. The Balaban J connectivity index is 1.25. The standard InChI is InChI=1S/C27H30N6O/c1-31-22-8-7-20(26(34)32-13-10-27(17-32)9-3-12-29-27)14-21(22)30-25(31)23-15-19-4-2-11-28-24(19)33(23)16-18-5-6-18/h2,4,7-8,11,14-15,18,29H,3,5-6,9-10,12-13,16-17H2,1H3. The van der Waals surface area contributed by atoms with E-state index < -0.39 is 0 Å². The molecule has 174 valence electrons. The highest BCUT2D eigenvalue weighted by Crippen LogP contribution is 2.36. The number of benzene rings is 1. The minimum Gasteiger partial charge on any atom is -0.337 e. The average molecular weight is 455 g/mol. The molecular formula is C27H30N6O. The minimum atomic E-state index is 0.117. The molecule has 1 atom stereocenters. The SMILES string of the molecule is Cn1c(-c2cc3cccnc3n2CC2CC2)nc2cc(C(=O)N3CCC4(CCCN4)C3)ccc21. The van der Waals surface area contributed by atoms with Gasteiger partial charge in [-0.1, -0.05) is 0 Å². The number of amides is 1. The second-order valence-corrected chi connectivity index (χ2v) is 10.5. The number of carbonyl (C=O) groups excluding carboxylic acids is 1.